The van der Waals surface area contributed by atoms with E-state index in [1.165, 1.54) is 0 Å². The Balaban J connectivity index is 2.71. The Kier molecular flexibility index (Phi) is 5.08. The van der Waals surface area contributed by atoms with Crippen molar-refractivity contribution < 1.29 is 19.7 Å². The van der Waals surface area contributed by atoms with Gasteiger partial charge in [-0.3, -0.25) is 0 Å². The second-order valence-corrected chi connectivity index (χ2v) is 3.50. The average Bonchev–Trinajstić information content (AvgIpc) is 2.35. The molecule has 0 saturated carbocycles. The van der Waals surface area contributed by atoms with Crippen molar-refractivity contribution in [1.29, 1.82) is 0 Å². The molecule has 0 aromatic heterocycles. The van der Waals surface area contributed by atoms with E-state index in [2.05, 4.69) is 0 Å². The molecule has 0 amide bonds. The van der Waals surface area contributed by atoms with Crippen LogP contribution in [0.4, 0.5) is 0 Å². The molecule has 4 nitrogen and oxygen atoms in total. The molecule has 0 saturated heterocycles. The SMILES string of the molecule is CCC(O)COc1ccc(OC)cc1CO. The second kappa shape index (κ2) is 6.35. The van der Waals surface area contributed by atoms with Gasteiger partial charge in [-0.1, -0.05) is 6.92 Å². The van der Waals surface area contributed by atoms with E-state index in [0.29, 0.717) is 23.5 Å². The summed E-state index contributed by atoms with van der Waals surface area (Å²) in [5.74, 6) is 1.25. The largest absolute Gasteiger partial charge is 0.497 e. The van der Waals surface area contributed by atoms with Gasteiger partial charge in [0.05, 0.1) is 19.8 Å². The lowest BCUT2D eigenvalue weighted by Crippen LogP contribution is -2.16. The molecule has 1 aromatic rings. The summed E-state index contributed by atoms with van der Waals surface area (Å²) < 4.78 is 10.5. The van der Waals surface area contributed by atoms with Gasteiger partial charge in [-0.05, 0) is 24.6 Å². The van der Waals surface area contributed by atoms with Crippen LogP contribution in [0.15, 0.2) is 18.2 Å². The predicted octanol–water partition coefficient (Wildman–Crippen LogP) is 1.34. The average molecular weight is 226 g/mol. The van der Waals surface area contributed by atoms with E-state index in [4.69, 9.17) is 14.6 Å². The van der Waals surface area contributed by atoms with Crippen molar-refractivity contribution in [2.45, 2.75) is 26.1 Å². The van der Waals surface area contributed by atoms with E-state index in [0.717, 1.165) is 0 Å². The summed E-state index contributed by atoms with van der Waals surface area (Å²) >= 11 is 0. The molecule has 1 unspecified atom stereocenters. The Hall–Kier alpha value is -1.26. The van der Waals surface area contributed by atoms with Crippen LogP contribution in [0.25, 0.3) is 0 Å². The van der Waals surface area contributed by atoms with Gasteiger partial charge >= 0.3 is 0 Å². The number of hydrogen-bond acceptors (Lipinski definition) is 4. The highest BCUT2D eigenvalue weighted by molar-refractivity contribution is 5.39. The molecule has 4 heteroatoms. The normalized spacial score (nSPS) is 12.2. The van der Waals surface area contributed by atoms with Gasteiger partial charge in [0, 0.05) is 5.56 Å². The van der Waals surface area contributed by atoms with E-state index < -0.39 is 6.10 Å². The monoisotopic (exact) mass is 226 g/mol. The topological polar surface area (TPSA) is 58.9 Å². The van der Waals surface area contributed by atoms with Gasteiger partial charge in [-0.15, -0.1) is 0 Å². The molecule has 1 rings (SSSR count). The third kappa shape index (κ3) is 3.40. The van der Waals surface area contributed by atoms with Crippen molar-refractivity contribution >= 4 is 0 Å². The van der Waals surface area contributed by atoms with Crippen molar-refractivity contribution in [3.05, 3.63) is 23.8 Å². The first-order chi connectivity index (χ1) is 7.71. The fourth-order valence-corrected chi connectivity index (χ4v) is 1.25. The third-order valence-corrected chi connectivity index (χ3v) is 2.34. The van der Waals surface area contributed by atoms with Crippen LogP contribution in [0.2, 0.25) is 0 Å². The van der Waals surface area contributed by atoms with Gasteiger partial charge in [0.15, 0.2) is 0 Å². The number of hydrogen-bond donors (Lipinski definition) is 2. The first-order valence-corrected chi connectivity index (χ1v) is 5.29. The van der Waals surface area contributed by atoms with Crippen LogP contribution in [-0.2, 0) is 6.61 Å². The fourth-order valence-electron chi connectivity index (χ4n) is 1.25. The van der Waals surface area contributed by atoms with Crippen molar-refractivity contribution in [2.24, 2.45) is 0 Å². The number of aliphatic hydroxyl groups excluding tert-OH is 2. The number of methoxy groups -OCH3 is 1. The molecule has 90 valence electrons. The van der Waals surface area contributed by atoms with Crippen molar-refractivity contribution in [3.8, 4) is 11.5 Å². The number of aliphatic hydroxyl groups is 2. The van der Waals surface area contributed by atoms with Crippen LogP contribution < -0.4 is 9.47 Å². The zero-order valence-electron chi connectivity index (χ0n) is 9.64. The minimum absolute atomic E-state index is 0.116. The van der Waals surface area contributed by atoms with Gasteiger partial charge in [-0.25, -0.2) is 0 Å². The summed E-state index contributed by atoms with van der Waals surface area (Å²) in [6, 6.07) is 5.20. The van der Waals surface area contributed by atoms with Crippen LogP contribution in [-0.4, -0.2) is 30.0 Å². The van der Waals surface area contributed by atoms with Crippen LogP contribution in [0.1, 0.15) is 18.9 Å². The van der Waals surface area contributed by atoms with Gasteiger partial charge in [0.1, 0.15) is 18.1 Å². The maximum absolute atomic E-state index is 9.37. The van der Waals surface area contributed by atoms with Crippen molar-refractivity contribution in [2.75, 3.05) is 13.7 Å². The lowest BCUT2D eigenvalue weighted by Gasteiger charge is -2.13. The molecule has 1 aromatic carbocycles. The Morgan fingerprint density at radius 2 is 2.12 bits per heavy atom. The van der Waals surface area contributed by atoms with Gasteiger partial charge in [-0.2, -0.15) is 0 Å². The second-order valence-electron chi connectivity index (χ2n) is 3.50. The summed E-state index contributed by atoms with van der Waals surface area (Å²) in [5.41, 5.74) is 0.655. The highest BCUT2D eigenvalue weighted by Gasteiger charge is 2.07. The zero-order valence-corrected chi connectivity index (χ0v) is 9.64. The first kappa shape index (κ1) is 12.8. The Bertz CT molecular complexity index is 325. The van der Waals surface area contributed by atoms with E-state index in [1.54, 1.807) is 25.3 Å². The fraction of sp³-hybridized carbons (Fsp3) is 0.500. The van der Waals surface area contributed by atoms with E-state index in [9.17, 15) is 5.11 Å². The van der Waals surface area contributed by atoms with Crippen LogP contribution in [0.3, 0.4) is 0 Å². The van der Waals surface area contributed by atoms with Crippen LogP contribution >= 0.6 is 0 Å². The summed E-state index contributed by atoms with van der Waals surface area (Å²) in [6.45, 7) is 2.00. The molecule has 0 aliphatic heterocycles. The lowest BCUT2D eigenvalue weighted by molar-refractivity contribution is 0.103. The highest BCUT2D eigenvalue weighted by atomic mass is 16.5. The summed E-state index contributed by atoms with van der Waals surface area (Å²) in [4.78, 5) is 0. The number of benzene rings is 1. The van der Waals surface area contributed by atoms with E-state index in [1.807, 2.05) is 6.92 Å². The lowest BCUT2D eigenvalue weighted by atomic mass is 10.2. The minimum Gasteiger partial charge on any atom is -0.497 e. The molecule has 0 spiro atoms. The minimum atomic E-state index is -0.478. The molecule has 0 aliphatic carbocycles. The summed E-state index contributed by atoms with van der Waals surface area (Å²) in [5, 5.41) is 18.5. The molecule has 0 aliphatic rings. The molecule has 1 atom stereocenters. The van der Waals surface area contributed by atoms with Crippen LogP contribution in [0.5, 0.6) is 11.5 Å². The summed E-state index contributed by atoms with van der Waals surface area (Å²) in [6.07, 6.45) is 0.165. The molecular formula is C12H18O4. The van der Waals surface area contributed by atoms with Crippen molar-refractivity contribution in [1.82, 2.24) is 0 Å². The highest BCUT2D eigenvalue weighted by Crippen LogP contribution is 2.24. The van der Waals surface area contributed by atoms with Gasteiger partial charge in [0.25, 0.3) is 0 Å². The first-order valence-electron chi connectivity index (χ1n) is 5.29. The molecular weight excluding hydrogens is 208 g/mol. The molecule has 0 heterocycles. The Morgan fingerprint density at radius 3 is 2.69 bits per heavy atom. The van der Waals surface area contributed by atoms with E-state index in [-0.39, 0.29) is 13.2 Å². The maximum atomic E-state index is 9.37. The third-order valence-electron chi connectivity index (χ3n) is 2.34. The van der Waals surface area contributed by atoms with Gasteiger partial charge in [0.2, 0.25) is 0 Å². The maximum Gasteiger partial charge on any atom is 0.125 e. The van der Waals surface area contributed by atoms with Crippen molar-refractivity contribution in [3.63, 3.8) is 0 Å². The van der Waals surface area contributed by atoms with Gasteiger partial charge < -0.3 is 19.7 Å². The number of ether oxygens (including phenoxy) is 2. The molecule has 2 N–H and O–H groups in total. The predicted molar refractivity (Wildman–Crippen MR) is 60.7 cm³/mol. The molecule has 0 bridgehead atoms. The zero-order chi connectivity index (χ0) is 12.0. The van der Waals surface area contributed by atoms with Crippen LogP contribution in [0, 0.1) is 0 Å². The number of rotatable bonds is 6. The Morgan fingerprint density at radius 1 is 1.38 bits per heavy atom. The standard InChI is InChI=1S/C12H18O4/c1-3-10(14)8-16-12-5-4-11(15-2)6-9(12)7-13/h4-6,10,13-14H,3,7-8H2,1-2H3. The smallest absolute Gasteiger partial charge is 0.125 e. The van der Waals surface area contributed by atoms with E-state index >= 15 is 0 Å². The summed E-state index contributed by atoms with van der Waals surface area (Å²) in [7, 11) is 1.57. The molecule has 16 heavy (non-hydrogen) atoms. The molecule has 0 radical (unpaired) electrons. The quantitative estimate of drug-likeness (QED) is 0.768. The molecule has 0 fully saturated rings. The Labute approximate surface area is 95.4 Å².